The smallest absolute Gasteiger partial charge is 0.236 e. The average molecular weight is 206 g/mol. The molecule has 0 aliphatic rings. The molecule has 0 aromatic heterocycles. The Bertz CT molecular complexity index is 344. The molecule has 4 heteroatoms. The van der Waals surface area contributed by atoms with Crippen molar-refractivity contribution in [1.82, 2.24) is 5.43 Å². The van der Waals surface area contributed by atoms with E-state index in [2.05, 4.69) is 10.5 Å². The van der Waals surface area contributed by atoms with E-state index in [1.54, 1.807) is 6.21 Å². The average Bonchev–Trinajstić information content (AvgIpc) is 2.20. The number of carbonyl (C=O) groups is 1. The molecule has 0 spiro atoms. The third-order valence-electron chi connectivity index (χ3n) is 1.63. The summed E-state index contributed by atoms with van der Waals surface area (Å²) >= 11 is 0. The largest absolute Gasteiger partial charge is 0.494 e. The molecular formula is C11H14N2O2. The van der Waals surface area contributed by atoms with E-state index < -0.39 is 0 Å². The zero-order valence-electron chi connectivity index (χ0n) is 8.86. The van der Waals surface area contributed by atoms with Crippen LogP contribution in [-0.4, -0.2) is 18.7 Å². The van der Waals surface area contributed by atoms with E-state index in [-0.39, 0.29) is 5.91 Å². The Morgan fingerprint density at radius 3 is 2.67 bits per heavy atom. The second kappa shape index (κ2) is 5.80. The van der Waals surface area contributed by atoms with Gasteiger partial charge >= 0.3 is 0 Å². The normalized spacial score (nSPS) is 10.3. The molecule has 0 atom stereocenters. The quantitative estimate of drug-likeness (QED) is 0.600. The van der Waals surface area contributed by atoms with Crippen LogP contribution in [0.3, 0.4) is 0 Å². The van der Waals surface area contributed by atoms with Gasteiger partial charge in [-0.05, 0) is 36.8 Å². The van der Waals surface area contributed by atoms with Crippen molar-refractivity contribution in [2.75, 3.05) is 6.61 Å². The van der Waals surface area contributed by atoms with Gasteiger partial charge in [-0.3, -0.25) is 4.79 Å². The van der Waals surface area contributed by atoms with Crippen LogP contribution in [-0.2, 0) is 4.79 Å². The van der Waals surface area contributed by atoms with Crippen molar-refractivity contribution in [3.05, 3.63) is 29.8 Å². The molecule has 1 aromatic rings. The molecule has 0 fully saturated rings. The first-order chi connectivity index (χ1) is 7.22. The van der Waals surface area contributed by atoms with Crippen LogP contribution in [0, 0.1) is 0 Å². The van der Waals surface area contributed by atoms with E-state index in [9.17, 15) is 4.79 Å². The van der Waals surface area contributed by atoms with E-state index in [4.69, 9.17) is 4.74 Å². The van der Waals surface area contributed by atoms with Gasteiger partial charge in [0.25, 0.3) is 0 Å². The van der Waals surface area contributed by atoms with Crippen LogP contribution >= 0.6 is 0 Å². The lowest BCUT2D eigenvalue weighted by Gasteiger charge is -2.01. The number of hydrogen-bond acceptors (Lipinski definition) is 3. The number of nitrogens with zero attached hydrogens (tertiary/aromatic N) is 1. The molecule has 0 unspecified atom stereocenters. The van der Waals surface area contributed by atoms with Crippen LogP contribution in [0.15, 0.2) is 29.4 Å². The molecule has 1 rings (SSSR count). The van der Waals surface area contributed by atoms with Crippen molar-refractivity contribution in [3.63, 3.8) is 0 Å². The number of hydrogen-bond donors (Lipinski definition) is 1. The van der Waals surface area contributed by atoms with Crippen LogP contribution in [0.4, 0.5) is 0 Å². The molecule has 1 amide bonds. The second-order valence-electron chi connectivity index (χ2n) is 2.93. The molecule has 0 aliphatic heterocycles. The first-order valence-electron chi connectivity index (χ1n) is 4.75. The Morgan fingerprint density at radius 2 is 2.13 bits per heavy atom. The molecule has 1 aromatic carbocycles. The van der Waals surface area contributed by atoms with Crippen molar-refractivity contribution in [3.8, 4) is 5.75 Å². The third kappa shape index (κ3) is 4.26. The number of nitrogens with one attached hydrogen (secondary N) is 1. The first kappa shape index (κ1) is 11.2. The molecular weight excluding hydrogens is 192 g/mol. The lowest BCUT2D eigenvalue weighted by atomic mass is 10.2. The number of hydrazone groups is 1. The fourth-order valence-electron chi connectivity index (χ4n) is 1.01. The van der Waals surface area contributed by atoms with E-state index in [1.165, 1.54) is 6.92 Å². The van der Waals surface area contributed by atoms with Gasteiger partial charge in [0, 0.05) is 6.92 Å². The molecule has 1 N–H and O–H groups in total. The fourth-order valence-corrected chi connectivity index (χ4v) is 1.01. The summed E-state index contributed by atoms with van der Waals surface area (Å²) in [5.41, 5.74) is 3.24. The van der Waals surface area contributed by atoms with Gasteiger partial charge in [-0.1, -0.05) is 0 Å². The minimum absolute atomic E-state index is 0.183. The van der Waals surface area contributed by atoms with Crippen LogP contribution in [0.25, 0.3) is 0 Å². The second-order valence-corrected chi connectivity index (χ2v) is 2.93. The molecule has 0 saturated carbocycles. The van der Waals surface area contributed by atoms with Gasteiger partial charge in [-0.15, -0.1) is 0 Å². The molecule has 0 bridgehead atoms. The predicted octanol–water partition coefficient (Wildman–Crippen LogP) is 1.56. The van der Waals surface area contributed by atoms with Crippen molar-refractivity contribution in [2.45, 2.75) is 13.8 Å². The van der Waals surface area contributed by atoms with Crippen molar-refractivity contribution in [2.24, 2.45) is 5.10 Å². The van der Waals surface area contributed by atoms with E-state index in [1.807, 2.05) is 31.2 Å². The van der Waals surface area contributed by atoms with Gasteiger partial charge in [0.1, 0.15) is 5.75 Å². The monoisotopic (exact) mass is 206 g/mol. The van der Waals surface area contributed by atoms with Gasteiger partial charge in [0.05, 0.1) is 12.8 Å². The molecule has 15 heavy (non-hydrogen) atoms. The summed E-state index contributed by atoms with van der Waals surface area (Å²) in [5, 5.41) is 3.75. The highest BCUT2D eigenvalue weighted by atomic mass is 16.5. The Kier molecular flexibility index (Phi) is 4.34. The SMILES string of the molecule is CCOc1ccc(/C=N\NC(C)=O)cc1. The Balaban J connectivity index is 2.56. The van der Waals surface area contributed by atoms with E-state index in [0.717, 1.165) is 11.3 Å². The van der Waals surface area contributed by atoms with Crippen molar-refractivity contribution < 1.29 is 9.53 Å². The summed E-state index contributed by atoms with van der Waals surface area (Å²) in [6.07, 6.45) is 1.58. The van der Waals surface area contributed by atoms with Gasteiger partial charge < -0.3 is 4.74 Å². The number of carbonyl (C=O) groups excluding carboxylic acids is 1. The van der Waals surface area contributed by atoms with Crippen molar-refractivity contribution >= 4 is 12.1 Å². The molecule has 0 aliphatic carbocycles. The standard InChI is InChI=1S/C11H14N2O2/c1-3-15-11-6-4-10(5-7-11)8-12-13-9(2)14/h4-8H,3H2,1-2H3,(H,13,14)/b12-8-. The molecule has 4 nitrogen and oxygen atoms in total. The summed E-state index contributed by atoms with van der Waals surface area (Å²) in [5.74, 6) is 0.645. The van der Waals surface area contributed by atoms with Crippen LogP contribution in [0.2, 0.25) is 0 Å². The molecule has 80 valence electrons. The maximum Gasteiger partial charge on any atom is 0.236 e. The predicted molar refractivity (Wildman–Crippen MR) is 59.0 cm³/mol. The maximum atomic E-state index is 10.5. The highest BCUT2D eigenvalue weighted by Crippen LogP contribution is 2.10. The summed E-state index contributed by atoms with van der Waals surface area (Å²) < 4.78 is 5.29. The number of ether oxygens (including phenoxy) is 1. The molecule has 0 heterocycles. The lowest BCUT2D eigenvalue weighted by Crippen LogP contribution is -2.12. The first-order valence-corrected chi connectivity index (χ1v) is 4.75. The number of amides is 1. The van der Waals surface area contributed by atoms with Gasteiger partial charge in [0.15, 0.2) is 0 Å². The highest BCUT2D eigenvalue weighted by molar-refractivity contribution is 5.81. The molecule has 0 radical (unpaired) electrons. The summed E-state index contributed by atoms with van der Waals surface area (Å²) in [6.45, 7) is 4.00. The zero-order chi connectivity index (χ0) is 11.1. The third-order valence-corrected chi connectivity index (χ3v) is 1.63. The lowest BCUT2D eigenvalue weighted by molar-refractivity contribution is -0.118. The fraction of sp³-hybridized carbons (Fsp3) is 0.273. The van der Waals surface area contributed by atoms with E-state index in [0.29, 0.717) is 6.61 Å². The summed E-state index contributed by atoms with van der Waals surface area (Å²) in [7, 11) is 0. The van der Waals surface area contributed by atoms with Crippen LogP contribution in [0.1, 0.15) is 19.4 Å². The van der Waals surface area contributed by atoms with Crippen molar-refractivity contribution in [1.29, 1.82) is 0 Å². The maximum absolute atomic E-state index is 10.5. The van der Waals surface area contributed by atoms with Gasteiger partial charge in [-0.2, -0.15) is 5.10 Å². The van der Waals surface area contributed by atoms with Crippen LogP contribution in [0.5, 0.6) is 5.75 Å². The Labute approximate surface area is 88.9 Å². The Morgan fingerprint density at radius 1 is 1.47 bits per heavy atom. The van der Waals surface area contributed by atoms with Crippen LogP contribution < -0.4 is 10.2 Å². The minimum Gasteiger partial charge on any atom is -0.494 e. The highest BCUT2D eigenvalue weighted by Gasteiger charge is 1.91. The zero-order valence-corrected chi connectivity index (χ0v) is 8.86. The number of benzene rings is 1. The topological polar surface area (TPSA) is 50.7 Å². The molecule has 0 saturated heterocycles. The minimum atomic E-state index is -0.183. The summed E-state index contributed by atoms with van der Waals surface area (Å²) in [4.78, 5) is 10.5. The Hall–Kier alpha value is -1.84. The van der Waals surface area contributed by atoms with Gasteiger partial charge in [-0.25, -0.2) is 5.43 Å². The van der Waals surface area contributed by atoms with E-state index >= 15 is 0 Å². The summed E-state index contributed by atoms with van der Waals surface area (Å²) in [6, 6.07) is 7.46. The number of rotatable bonds is 4. The van der Waals surface area contributed by atoms with Gasteiger partial charge in [0.2, 0.25) is 5.91 Å².